The molecule has 194 valence electrons. The lowest BCUT2D eigenvalue weighted by Gasteiger charge is -2.35. The van der Waals surface area contributed by atoms with Gasteiger partial charge in [0, 0.05) is 12.7 Å². The Morgan fingerprint density at radius 1 is 1.16 bits per heavy atom. The lowest BCUT2D eigenvalue weighted by atomic mass is 10.0. The molecule has 0 bridgehead atoms. The van der Waals surface area contributed by atoms with Gasteiger partial charge in [0.1, 0.15) is 21.5 Å². The lowest BCUT2D eigenvalue weighted by molar-refractivity contribution is -0.123. The number of aromatic nitrogens is 2. The van der Waals surface area contributed by atoms with Crippen molar-refractivity contribution < 1.29 is 17.9 Å². The molecule has 0 saturated carbocycles. The quantitative estimate of drug-likeness (QED) is 0.266. The molecule has 37 heavy (non-hydrogen) atoms. The third kappa shape index (κ3) is 5.21. The van der Waals surface area contributed by atoms with Gasteiger partial charge in [-0.1, -0.05) is 47.0 Å². The molecule has 1 amide bonds. The number of halogens is 2. The van der Waals surface area contributed by atoms with Crippen LogP contribution in [0, 0.1) is 0 Å². The number of hydrogen-bond donors (Lipinski definition) is 0. The number of pyridine rings is 1. The van der Waals surface area contributed by atoms with Crippen molar-refractivity contribution in [2.24, 2.45) is 0 Å². The van der Waals surface area contributed by atoms with Gasteiger partial charge in [-0.25, -0.2) is 13.4 Å². The second-order valence-corrected chi connectivity index (χ2v) is 13.6. The maximum atomic E-state index is 14.2. The molecule has 1 unspecified atom stereocenters. The molecule has 0 N–H and O–H groups in total. The van der Waals surface area contributed by atoms with E-state index in [-0.39, 0.29) is 23.2 Å². The topological polar surface area (TPSA) is 92.7 Å². The second-order valence-electron chi connectivity index (χ2n) is 8.36. The van der Waals surface area contributed by atoms with Crippen LogP contribution in [-0.2, 0) is 21.4 Å². The fraction of sp³-hybridized carbons (Fsp3) is 0.292. The number of amides is 1. The molecule has 1 aliphatic heterocycles. The smallest absolute Gasteiger partial charge is 0.253 e. The van der Waals surface area contributed by atoms with Gasteiger partial charge in [-0.3, -0.25) is 14.7 Å². The molecule has 5 rings (SSSR count). The third-order valence-corrected chi connectivity index (χ3v) is 11.2. The molecule has 1 atom stereocenters. The highest BCUT2D eigenvalue weighted by Gasteiger charge is 2.41. The maximum Gasteiger partial charge on any atom is 0.253 e. The Kier molecular flexibility index (Phi) is 7.71. The van der Waals surface area contributed by atoms with Gasteiger partial charge in [0.25, 0.3) is 10.0 Å². The summed E-state index contributed by atoms with van der Waals surface area (Å²) in [4.78, 5) is 24.8. The molecule has 1 aliphatic rings. The number of carbonyl (C=O) groups excluding carboxylic acids is 1. The predicted octanol–water partition coefficient (Wildman–Crippen LogP) is 5.84. The monoisotopic (exact) mass is 596 g/mol. The van der Waals surface area contributed by atoms with Gasteiger partial charge in [0.05, 0.1) is 33.4 Å². The summed E-state index contributed by atoms with van der Waals surface area (Å²) in [5.74, 6) is 0.161. The molecule has 1 saturated heterocycles. The minimum atomic E-state index is -3.92. The van der Waals surface area contributed by atoms with E-state index < -0.39 is 16.1 Å². The Balaban J connectivity index is 1.58. The van der Waals surface area contributed by atoms with Crippen molar-refractivity contribution in [3.8, 4) is 5.75 Å². The van der Waals surface area contributed by atoms with Crippen LogP contribution in [0.2, 0.25) is 9.36 Å². The number of fused-ring (bicyclic) bond motifs is 1. The average Bonchev–Trinajstić information content (AvgIpc) is 3.56. The zero-order valence-electron chi connectivity index (χ0n) is 19.6. The van der Waals surface area contributed by atoms with Gasteiger partial charge in [-0.05, 0) is 49.2 Å². The van der Waals surface area contributed by atoms with Crippen molar-refractivity contribution in [2.45, 2.75) is 36.1 Å². The number of anilines is 1. The van der Waals surface area contributed by atoms with Crippen molar-refractivity contribution in [3.05, 3.63) is 63.7 Å². The number of methoxy groups -OCH3 is 1. The summed E-state index contributed by atoms with van der Waals surface area (Å²) in [7, 11) is -2.38. The fourth-order valence-corrected chi connectivity index (χ4v) is 8.81. The van der Waals surface area contributed by atoms with Crippen LogP contribution in [0.25, 0.3) is 10.2 Å². The summed E-state index contributed by atoms with van der Waals surface area (Å²) < 4.78 is 35.0. The van der Waals surface area contributed by atoms with E-state index in [9.17, 15) is 13.2 Å². The highest BCUT2D eigenvalue weighted by Crippen LogP contribution is 2.40. The molecular weight excluding hydrogens is 575 g/mol. The Hall–Kier alpha value is -2.28. The van der Waals surface area contributed by atoms with Crippen molar-refractivity contribution in [1.82, 2.24) is 14.3 Å². The molecule has 8 nitrogen and oxygen atoms in total. The van der Waals surface area contributed by atoms with Gasteiger partial charge in [-0.15, -0.1) is 11.3 Å². The Morgan fingerprint density at radius 3 is 2.70 bits per heavy atom. The van der Waals surface area contributed by atoms with Gasteiger partial charge in [0.15, 0.2) is 5.13 Å². The largest absolute Gasteiger partial charge is 0.494 e. The summed E-state index contributed by atoms with van der Waals surface area (Å²) in [5, 5.41) is 0.875. The molecule has 1 aromatic carbocycles. The lowest BCUT2D eigenvalue weighted by Crippen LogP contribution is -2.52. The van der Waals surface area contributed by atoms with Crippen LogP contribution < -0.4 is 9.64 Å². The summed E-state index contributed by atoms with van der Waals surface area (Å²) in [6, 6.07) is 11.0. The highest BCUT2D eigenvalue weighted by atomic mass is 35.5. The van der Waals surface area contributed by atoms with Gasteiger partial charge < -0.3 is 4.74 Å². The third-order valence-electron chi connectivity index (χ3n) is 6.06. The maximum absolute atomic E-state index is 14.2. The van der Waals surface area contributed by atoms with Crippen LogP contribution in [0.1, 0.15) is 25.0 Å². The first-order chi connectivity index (χ1) is 17.8. The van der Waals surface area contributed by atoms with Crippen LogP contribution in [0.3, 0.4) is 0 Å². The predicted molar refractivity (Wildman–Crippen MR) is 147 cm³/mol. The first kappa shape index (κ1) is 26.3. The van der Waals surface area contributed by atoms with Crippen molar-refractivity contribution in [3.63, 3.8) is 0 Å². The van der Waals surface area contributed by atoms with Crippen molar-refractivity contribution in [2.75, 3.05) is 18.6 Å². The number of carbonyl (C=O) groups is 1. The van der Waals surface area contributed by atoms with E-state index in [4.69, 9.17) is 32.9 Å². The van der Waals surface area contributed by atoms with E-state index in [1.165, 1.54) is 26.6 Å². The minimum absolute atomic E-state index is 0.116. The summed E-state index contributed by atoms with van der Waals surface area (Å²) in [6.07, 6.45) is 3.43. The van der Waals surface area contributed by atoms with Gasteiger partial charge in [0.2, 0.25) is 5.91 Å². The van der Waals surface area contributed by atoms with Crippen LogP contribution in [-0.4, -0.2) is 48.3 Å². The van der Waals surface area contributed by atoms with Gasteiger partial charge >= 0.3 is 0 Å². The number of ether oxygens (including phenoxy) is 1. The number of thiophene rings is 1. The summed E-state index contributed by atoms with van der Waals surface area (Å²) >= 11 is 14.7. The number of benzene rings is 1. The van der Waals surface area contributed by atoms with E-state index in [1.54, 1.807) is 37.6 Å². The normalized spacial score (nSPS) is 16.7. The number of nitrogens with zero attached hydrogens (tertiary/aromatic N) is 4. The molecule has 0 aliphatic carbocycles. The van der Waals surface area contributed by atoms with E-state index in [1.807, 2.05) is 12.1 Å². The summed E-state index contributed by atoms with van der Waals surface area (Å²) in [6.45, 7) is 0.361. The van der Waals surface area contributed by atoms with E-state index in [0.29, 0.717) is 49.0 Å². The standard InChI is InChI=1S/C24H22Cl2N4O4S3/c1-34-18-9-8-16(25)22-21(18)28-24(36-22)29(14-15-6-2-4-12-27-15)23(31)17-7-3-5-13-30(17)37(32,33)20-11-10-19(26)35-20/h2,4,6,8-12,17H,3,5,7,13-14H2,1H3. The molecule has 1 fully saturated rings. The van der Waals surface area contributed by atoms with Crippen LogP contribution in [0.5, 0.6) is 5.75 Å². The van der Waals surface area contributed by atoms with E-state index >= 15 is 0 Å². The first-order valence-electron chi connectivity index (χ1n) is 11.4. The van der Waals surface area contributed by atoms with Crippen LogP contribution >= 0.6 is 45.9 Å². The average molecular weight is 598 g/mol. The zero-order valence-corrected chi connectivity index (χ0v) is 23.6. The second kappa shape index (κ2) is 10.8. The molecule has 4 heterocycles. The van der Waals surface area contributed by atoms with Crippen LogP contribution in [0.4, 0.5) is 5.13 Å². The van der Waals surface area contributed by atoms with Crippen molar-refractivity contribution in [1.29, 1.82) is 0 Å². The molecule has 3 aromatic heterocycles. The van der Waals surface area contributed by atoms with Crippen LogP contribution in [0.15, 0.2) is 52.9 Å². The molecule has 0 spiro atoms. The molecule has 4 aromatic rings. The first-order valence-corrected chi connectivity index (χ1v) is 15.2. The number of sulfonamides is 1. The number of thiazole rings is 1. The Bertz CT molecular complexity index is 1540. The summed E-state index contributed by atoms with van der Waals surface area (Å²) in [5.41, 5.74) is 1.18. The highest BCUT2D eigenvalue weighted by molar-refractivity contribution is 7.91. The number of hydrogen-bond acceptors (Lipinski definition) is 8. The number of rotatable bonds is 7. The molecule has 0 radical (unpaired) electrons. The minimum Gasteiger partial charge on any atom is -0.494 e. The fourth-order valence-electron chi connectivity index (χ4n) is 4.29. The zero-order chi connectivity index (χ0) is 26.2. The Morgan fingerprint density at radius 2 is 2.00 bits per heavy atom. The van der Waals surface area contributed by atoms with Gasteiger partial charge in [-0.2, -0.15) is 4.31 Å². The SMILES string of the molecule is COc1ccc(Cl)c2sc(N(Cc3ccccn3)C(=O)C3CCCCN3S(=O)(=O)c3ccc(Cl)s3)nc12. The molecule has 13 heteroatoms. The van der Waals surface area contributed by atoms with Crippen molar-refractivity contribution >= 4 is 77.2 Å². The Labute approximate surface area is 232 Å². The molecular formula is C24H22Cl2N4O4S3. The van der Waals surface area contributed by atoms with E-state index in [2.05, 4.69) is 4.98 Å². The van der Waals surface area contributed by atoms with E-state index in [0.717, 1.165) is 17.8 Å². The number of piperidine rings is 1.